The third-order valence-corrected chi connectivity index (χ3v) is 5.44. The molecular weight excluding hydrogens is 387 g/mol. The van der Waals surface area contributed by atoms with Gasteiger partial charge in [0.2, 0.25) is 5.91 Å². The minimum Gasteiger partial charge on any atom is -0.378 e. The molecule has 0 fully saturated rings. The van der Waals surface area contributed by atoms with Crippen molar-refractivity contribution in [1.82, 2.24) is 0 Å². The smallest absolute Gasteiger partial charge is 0.310 e. The summed E-state index contributed by atoms with van der Waals surface area (Å²) >= 11 is 0. The third kappa shape index (κ3) is 4.41. The topological polar surface area (TPSA) is 41.1 Å². The molecule has 2 aromatic carbocycles. The lowest BCUT2D eigenvalue weighted by Gasteiger charge is -2.40. The molecule has 1 aliphatic rings. The Kier molecular flexibility index (Phi) is 4.07. The molecule has 0 aromatic heterocycles. The first-order valence-electron chi connectivity index (χ1n) is 8.03. The van der Waals surface area contributed by atoms with E-state index in [1.54, 1.807) is 18.2 Å². The van der Waals surface area contributed by atoms with Crippen LogP contribution in [0.4, 0.5) is 30.8 Å². The van der Waals surface area contributed by atoms with Crippen molar-refractivity contribution in [1.29, 1.82) is 0 Å². The summed E-state index contributed by atoms with van der Waals surface area (Å²) in [7, 11) is -9.72. The first-order valence-corrected chi connectivity index (χ1v) is 9.98. The molecule has 0 bridgehead atoms. The first-order chi connectivity index (χ1) is 12.4. The summed E-state index contributed by atoms with van der Waals surface area (Å²) in [5.74, 6) is -0.351. The normalized spacial score (nSPS) is 18.8. The van der Waals surface area contributed by atoms with Gasteiger partial charge in [-0.15, -0.1) is 0 Å². The van der Waals surface area contributed by atoms with E-state index in [4.69, 9.17) is 0 Å². The molecule has 0 heterocycles. The molecule has 0 saturated heterocycles. The van der Waals surface area contributed by atoms with Crippen LogP contribution in [-0.2, 0) is 11.2 Å². The van der Waals surface area contributed by atoms with Crippen LogP contribution in [-0.4, -0.2) is 5.91 Å². The molecule has 0 aliphatic heterocycles. The van der Waals surface area contributed by atoms with Gasteiger partial charge in [0.1, 0.15) is 4.90 Å². The zero-order chi connectivity index (χ0) is 19.9. The summed E-state index contributed by atoms with van der Waals surface area (Å²) in [6, 6.07) is 8.01. The predicted octanol–water partition coefficient (Wildman–Crippen LogP) is 6.57. The molecule has 9 heteroatoms. The van der Waals surface area contributed by atoms with E-state index < -0.39 is 15.1 Å². The number of nitrogens with one attached hydrogen (secondary N) is 2. The van der Waals surface area contributed by atoms with Crippen molar-refractivity contribution >= 4 is 27.5 Å². The number of hydrogen-bond acceptors (Lipinski definition) is 2. The number of anilines is 2. The van der Waals surface area contributed by atoms with Gasteiger partial charge in [-0.3, -0.25) is 4.79 Å². The molecule has 1 aliphatic carbocycles. The van der Waals surface area contributed by atoms with Crippen molar-refractivity contribution in [3.8, 4) is 0 Å². The maximum atomic E-state index is 13.0. The highest BCUT2D eigenvalue weighted by molar-refractivity contribution is 8.45. The van der Waals surface area contributed by atoms with Crippen molar-refractivity contribution in [3.05, 3.63) is 66.2 Å². The number of hydrogen-bond donors (Lipinski definition) is 2. The minimum absolute atomic E-state index is 0.0253. The Morgan fingerprint density at radius 2 is 1.81 bits per heavy atom. The molecule has 27 heavy (non-hydrogen) atoms. The van der Waals surface area contributed by atoms with Crippen LogP contribution < -0.4 is 10.6 Å². The van der Waals surface area contributed by atoms with E-state index in [-0.39, 0.29) is 17.6 Å². The van der Waals surface area contributed by atoms with Crippen molar-refractivity contribution < 1.29 is 24.2 Å². The van der Waals surface area contributed by atoms with E-state index in [0.717, 1.165) is 23.3 Å². The Morgan fingerprint density at radius 3 is 2.48 bits per heavy atom. The largest absolute Gasteiger partial charge is 0.378 e. The third-order valence-electron chi connectivity index (χ3n) is 4.29. The molecule has 2 N–H and O–H groups in total. The average molecular weight is 404 g/mol. The maximum absolute atomic E-state index is 13.0. The molecule has 0 spiro atoms. The van der Waals surface area contributed by atoms with Gasteiger partial charge in [-0.05, 0) is 60.4 Å². The lowest BCUT2D eigenvalue weighted by Crippen LogP contribution is -2.10. The van der Waals surface area contributed by atoms with Gasteiger partial charge in [-0.1, -0.05) is 38.1 Å². The standard InChI is InChI=1S/C18H17F5N2OS/c1-2-18(26)25-14-7-8-16-12(10-14)6-9-17(16)24-13-4-3-5-15(11-13)27(19,20,21,22)23/h2-5,7-8,10-11,17,24H,1,6,9H2,(H,25,26). The quantitative estimate of drug-likeness (QED) is 0.437. The van der Waals surface area contributed by atoms with Gasteiger partial charge in [-0.25, -0.2) is 0 Å². The van der Waals surface area contributed by atoms with Crippen LogP contribution in [0.2, 0.25) is 0 Å². The Balaban J connectivity index is 1.82. The van der Waals surface area contributed by atoms with Gasteiger partial charge in [-0.2, -0.15) is 0 Å². The molecule has 146 valence electrons. The summed E-state index contributed by atoms with van der Waals surface area (Å²) in [5.41, 5.74) is 2.34. The van der Waals surface area contributed by atoms with Crippen LogP contribution in [0.25, 0.3) is 0 Å². The number of benzene rings is 2. The van der Waals surface area contributed by atoms with Gasteiger partial charge in [0.15, 0.2) is 0 Å². The Bertz CT molecular complexity index is 928. The number of amides is 1. The van der Waals surface area contributed by atoms with Gasteiger partial charge in [0.05, 0.1) is 6.04 Å². The number of halogens is 5. The van der Waals surface area contributed by atoms with Crippen LogP contribution in [0.3, 0.4) is 0 Å². The summed E-state index contributed by atoms with van der Waals surface area (Å²) < 4.78 is 64.9. The van der Waals surface area contributed by atoms with Crippen molar-refractivity contribution in [3.63, 3.8) is 0 Å². The van der Waals surface area contributed by atoms with Crippen LogP contribution in [0.1, 0.15) is 23.6 Å². The highest BCUT2D eigenvalue weighted by Crippen LogP contribution is 3.02. The summed E-state index contributed by atoms with van der Waals surface area (Å²) in [6.45, 7) is 3.37. The van der Waals surface area contributed by atoms with E-state index in [1.165, 1.54) is 6.07 Å². The average Bonchev–Trinajstić information content (AvgIpc) is 2.95. The fourth-order valence-electron chi connectivity index (χ4n) is 3.07. The number of carbonyl (C=O) groups excluding carboxylic acids is 1. The Labute approximate surface area is 153 Å². The van der Waals surface area contributed by atoms with Gasteiger partial charge in [0, 0.05) is 11.4 Å². The highest BCUT2D eigenvalue weighted by atomic mass is 32.5. The highest BCUT2D eigenvalue weighted by Gasteiger charge is 2.65. The second-order valence-corrected chi connectivity index (χ2v) is 8.75. The summed E-state index contributed by atoms with van der Waals surface area (Å²) in [5, 5.41) is 5.53. The Hall–Kier alpha value is -2.55. The molecule has 3 rings (SSSR count). The zero-order valence-corrected chi connectivity index (χ0v) is 14.8. The SMILES string of the molecule is C=CC(=O)Nc1ccc2c(c1)CCC2Nc1cccc(S(F)(F)(F)(F)F)c1. The van der Waals surface area contributed by atoms with Crippen molar-refractivity contribution in [2.45, 2.75) is 23.8 Å². The number of aryl methyl sites for hydroxylation is 1. The minimum atomic E-state index is -9.72. The fraction of sp³-hybridized carbons (Fsp3) is 0.167. The van der Waals surface area contributed by atoms with Crippen molar-refractivity contribution in [2.75, 3.05) is 10.6 Å². The summed E-state index contributed by atoms with van der Waals surface area (Å²) in [6.07, 6.45) is 2.38. The Morgan fingerprint density at radius 1 is 1.07 bits per heavy atom. The summed E-state index contributed by atoms with van der Waals surface area (Å²) in [4.78, 5) is 9.44. The second kappa shape index (κ2) is 5.72. The molecule has 2 aromatic rings. The molecule has 1 amide bonds. The monoisotopic (exact) mass is 404 g/mol. The lowest BCUT2D eigenvalue weighted by atomic mass is 10.1. The molecule has 0 saturated carbocycles. The predicted molar refractivity (Wildman–Crippen MR) is 97.8 cm³/mol. The van der Waals surface area contributed by atoms with Gasteiger partial charge < -0.3 is 10.6 Å². The van der Waals surface area contributed by atoms with E-state index in [1.807, 2.05) is 0 Å². The lowest BCUT2D eigenvalue weighted by molar-refractivity contribution is -0.111. The molecule has 1 atom stereocenters. The van der Waals surface area contributed by atoms with Gasteiger partial charge in [0.25, 0.3) is 0 Å². The fourth-order valence-corrected chi connectivity index (χ4v) is 3.75. The first kappa shape index (κ1) is 19.2. The number of fused-ring (bicyclic) bond motifs is 1. The maximum Gasteiger partial charge on any atom is 0.310 e. The molecule has 3 nitrogen and oxygen atoms in total. The number of carbonyl (C=O) groups is 1. The van der Waals surface area contributed by atoms with Crippen LogP contribution in [0, 0.1) is 0 Å². The molecule has 1 unspecified atom stereocenters. The zero-order valence-electron chi connectivity index (χ0n) is 14.0. The van der Waals surface area contributed by atoms with Crippen LogP contribution in [0.5, 0.6) is 0 Å². The van der Waals surface area contributed by atoms with E-state index in [9.17, 15) is 24.2 Å². The number of rotatable bonds is 5. The van der Waals surface area contributed by atoms with Crippen LogP contribution >= 0.6 is 10.2 Å². The van der Waals surface area contributed by atoms with E-state index in [0.29, 0.717) is 30.7 Å². The second-order valence-electron chi connectivity index (χ2n) is 6.34. The van der Waals surface area contributed by atoms with Crippen LogP contribution in [0.15, 0.2) is 60.0 Å². The van der Waals surface area contributed by atoms with E-state index in [2.05, 4.69) is 17.2 Å². The van der Waals surface area contributed by atoms with E-state index >= 15 is 0 Å². The molecular formula is C18H17F5N2OS. The van der Waals surface area contributed by atoms with Crippen molar-refractivity contribution in [2.24, 2.45) is 0 Å². The van der Waals surface area contributed by atoms with Gasteiger partial charge >= 0.3 is 10.2 Å². The molecule has 0 radical (unpaired) electrons.